The zero-order valence-corrected chi connectivity index (χ0v) is 14.3. The van der Waals surface area contributed by atoms with Crippen molar-refractivity contribution in [2.75, 3.05) is 0 Å². The van der Waals surface area contributed by atoms with Gasteiger partial charge in [0.2, 0.25) is 0 Å². The lowest BCUT2D eigenvalue weighted by Gasteiger charge is -2.28. The second kappa shape index (κ2) is 7.13. The highest BCUT2D eigenvalue weighted by Crippen LogP contribution is 2.34. The van der Waals surface area contributed by atoms with Gasteiger partial charge in [0.25, 0.3) is 5.91 Å². The summed E-state index contributed by atoms with van der Waals surface area (Å²) in [6, 6.07) is 7.30. The number of nitrogens with zero attached hydrogens (tertiary/aromatic N) is 1. The zero-order chi connectivity index (χ0) is 17.1. The number of aryl methyl sites for hydroxylation is 2. The molecule has 1 heterocycles. The molecule has 1 amide bonds. The highest BCUT2D eigenvalue weighted by molar-refractivity contribution is 7.11. The second-order valence-electron chi connectivity index (χ2n) is 6.15. The summed E-state index contributed by atoms with van der Waals surface area (Å²) in [6.45, 7) is 1.75. The second-order valence-corrected chi connectivity index (χ2v) is 7.01. The van der Waals surface area contributed by atoms with Gasteiger partial charge in [-0.3, -0.25) is 4.79 Å². The van der Waals surface area contributed by atoms with Crippen molar-refractivity contribution in [3.8, 4) is 0 Å². The maximum absolute atomic E-state index is 12.3. The first-order valence-corrected chi connectivity index (χ1v) is 8.95. The molecule has 2 N–H and O–H groups in total. The van der Waals surface area contributed by atoms with Crippen molar-refractivity contribution in [2.24, 2.45) is 0 Å². The van der Waals surface area contributed by atoms with Gasteiger partial charge >= 0.3 is 5.97 Å². The van der Waals surface area contributed by atoms with E-state index in [2.05, 4.69) is 22.4 Å². The van der Waals surface area contributed by atoms with Crippen LogP contribution in [0.25, 0.3) is 0 Å². The number of thiazole rings is 1. The Morgan fingerprint density at radius 3 is 2.92 bits per heavy atom. The largest absolute Gasteiger partial charge is 0.480 e. The van der Waals surface area contributed by atoms with Crippen LogP contribution in [0.2, 0.25) is 0 Å². The monoisotopic (exact) mass is 344 g/mol. The fourth-order valence-electron chi connectivity index (χ4n) is 3.35. The van der Waals surface area contributed by atoms with Crippen LogP contribution in [0, 0.1) is 6.92 Å². The Morgan fingerprint density at radius 1 is 1.42 bits per heavy atom. The molecule has 5 nitrogen and oxygen atoms in total. The summed E-state index contributed by atoms with van der Waals surface area (Å²) in [5.41, 5.74) is 4.74. The van der Waals surface area contributed by atoms with E-state index in [9.17, 15) is 14.7 Å². The molecule has 2 atom stereocenters. The van der Waals surface area contributed by atoms with Gasteiger partial charge in [-0.05, 0) is 49.7 Å². The van der Waals surface area contributed by atoms with Gasteiger partial charge < -0.3 is 10.4 Å². The molecule has 3 rings (SSSR count). The quantitative estimate of drug-likeness (QED) is 0.873. The number of carbonyl (C=O) groups excluding carboxylic acids is 1. The molecule has 0 saturated heterocycles. The van der Waals surface area contributed by atoms with Crippen LogP contribution in [-0.2, 0) is 11.2 Å². The molecule has 6 heteroatoms. The molecule has 24 heavy (non-hydrogen) atoms. The van der Waals surface area contributed by atoms with Crippen LogP contribution < -0.4 is 5.32 Å². The summed E-state index contributed by atoms with van der Waals surface area (Å²) < 4.78 is 0. The number of hydrogen-bond acceptors (Lipinski definition) is 4. The number of carbonyl (C=O) groups is 2. The number of aliphatic carboxylic acids is 1. The minimum Gasteiger partial charge on any atom is -0.480 e. The molecule has 1 aromatic carbocycles. The fraction of sp³-hybridized carbons (Fsp3) is 0.389. The van der Waals surface area contributed by atoms with E-state index in [1.807, 2.05) is 12.1 Å². The van der Waals surface area contributed by atoms with Gasteiger partial charge in [0, 0.05) is 0 Å². The van der Waals surface area contributed by atoms with Gasteiger partial charge in [-0.15, -0.1) is 11.3 Å². The number of fused-ring (bicyclic) bond motifs is 1. The summed E-state index contributed by atoms with van der Waals surface area (Å²) in [5.74, 6) is -1.18. The zero-order valence-electron chi connectivity index (χ0n) is 13.5. The third-order valence-electron chi connectivity index (χ3n) is 4.57. The molecule has 2 aromatic rings. The summed E-state index contributed by atoms with van der Waals surface area (Å²) >= 11 is 1.23. The van der Waals surface area contributed by atoms with Crippen molar-refractivity contribution in [3.05, 3.63) is 51.5 Å². The van der Waals surface area contributed by atoms with Gasteiger partial charge in [-0.1, -0.05) is 24.3 Å². The van der Waals surface area contributed by atoms with E-state index in [1.54, 1.807) is 12.4 Å². The third-order valence-corrected chi connectivity index (χ3v) is 5.50. The lowest BCUT2D eigenvalue weighted by molar-refractivity contribution is -0.139. The van der Waals surface area contributed by atoms with Gasteiger partial charge in [0.1, 0.15) is 10.9 Å². The molecule has 1 aromatic heterocycles. The molecule has 0 fully saturated rings. The lowest BCUT2D eigenvalue weighted by Crippen LogP contribution is -2.42. The molecule has 0 radical (unpaired) electrons. The topological polar surface area (TPSA) is 79.3 Å². The maximum Gasteiger partial charge on any atom is 0.326 e. The highest BCUT2D eigenvalue weighted by atomic mass is 32.1. The molecule has 126 valence electrons. The number of carboxylic acids is 1. The summed E-state index contributed by atoms with van der Waals surface area (Å²) in [7, 11) is 0. The fourth-order valence-corrected chi connectivity index (χ4v) is 4.05. The molecule has 0 spiro atoms. The van der Waals surface area contributed by atoms with Crippen LogP contribution in [0.1, 0.15) is 51.7 Å². The minimum atomic E-state index is -0.992. The van der Waals surface area contributed by atoms with Crippen molar-refractivity contribution < 1.29 is 14.7 Å². The molecule has 1 aliphatic rings. The Hall–Kier alpha value is -2.21. The number of aromatic nitrogens is 1. The smallest absolute Gasteiger partial charge is 0.326 e. The average molecular weight is 344 g/mol. The molecule has 0 aliphatic heterocycles. The molecule has 0 bridgehead atoms. The van der Waals surface area contributed by atoms with Crippen LogP contribution in [0.5, 0.6) is 0 Å². The van der Waals surface area contributed by atoms with E-state index >= 15 is 0 Å². The van der Waals surface area contributed by atoms with Crippen molar-refractivity contribution >= 4 is 23.2 Å². The van der Waals surface area contributed by atoms with Gasteiger partial charge in [-0.25, -0.2) is 9.78 Å². The predicted octanol–water partition coefficient (Wildman–Crippen LogP) is 3.14. The maximum atomic E-state index is 12.3. The number of rotatable bonds is 5. The van der Waals surface area contributed by atoms with Crippen LogP contribution in [0.4, 0.5) is 0 Å². The van der Waals surface area contributed by atoms with Gasteiger partial charge in [0.15, 0.2) is 0 Å². The van der Waals surface area contributed by atoms with Crippen molar-refractivity contribution in [1.29, 1.82) is 0 Å². The standard InChI is InChI=1S/C18H20N2O3S/c1-11-16(24-10-19-11)17(21)20-15(18(22)23)9-13-7-4-6-12-5-2-3-8-14(12)13/h2-3,5,8,10,13,15H,4,6-7,9H2,1H3,(H,20,21)(H,22,23)/t13-,15-/m0/s1. The van der Waals surface area contributed by atoms with Crippen LogP contribution in [0.15, 0.2) is 29.8 Å². The SMILES string of the molecule is Cc1ncsc1C(=O)N[C@@H](C[C@@H]1CCCc2ccccc21)C(=O)O. The predicted molar refractivity (Wildman–Crippen MR) is 92.5 cm³/mol. The first-order valence-electron chi connectivity index (χ1n) is 8.08. The molecular weight excluding hydrogens is 324 g/mol. The van der Waals surface area contributed by atoms with Crippen molar-refractivity contribution in [1.82, 2.24) is 10.3 Å². The van der Waals surface area contributed by atoms with Crippen molar-refractivity contribution in [3.63, 3.8) is 0 Å². The van der Waals surface area contributed by atoms with E-state index in [1.165, 1.54) is 22.5 Å². The highest BCUT2D eigenvalue weighted by Gasteiger charge is 2.29. The Balaban J connectivity index is 1.75. The van der Waals surface area contributed by atoms with Crippen LogP contribution >= 0.6 is 11.3 Å². The Bertz CT molecular complexity index is 756. The Morgan fingerprint density at radius 2 is 2.21 bits per heavy atom. The summed E-state index contributed by atoms with van der Waals surface area (Å²) in [5, 5.41) is 12.2. The first-order chi connectivity index (χ1) is 11.6. The third kappa shape index (κ3) is 3.48. The molecular formula is C18H20N2O3S. The Kier molecular flexibility index (Phi) is 4.94. The van der Waals surface area contributed by atoms with E-state index in [0.29, 0.717) is 17.0 Å². The van der Waals surface area contributed by atoms with E-state index < -0.39 is 12.0 Å². The Labute approximate surface area is 144 Å². The minimum absolute atomic E-state index is 0.166. The lowest BCUT2D eigenvalue weighted by atomic mass is 9.79. The number of carboxylic acid groups (broad SMARTS) is 1. The number of nitrogens with one attached hydrogen (secondary N) is 1. The van der Waals surface area contributed by atoms with Gasteiger partial charge in [0.05, 0.1) is 11.2 Å². The first kappa shape index (κ1) is 16.6. The average Bonchev–Trinajstić information content (AvgIpc) is 3.00. The van der Waals surface area contributed by atoms with Crippen LogP contribution in [-0.4, -0.2) is 28.0 Å². The molecule has 0 unspecified atom stereocenters. The normalized spacial score (nSPS) is 17.8. The van der Waals surface area contributed by atoms with E-state index in [0.717, 1.165) is 19.3 Å². The number of hydrogen-bond donors (Lipinski definition) is 2. The van der Waals surface area contributed by atoms with Gasteiger partial charge in [-0.2, -0.15) is 0 Å². The number of amides is 1. The van der Waals surface area contributed by atoms with Crippen molar-refractivity contribution in [2.45, 2.75) is 44.6 Å². The molecule has 1 aliphatic carbocycles. The van der Waals surface area contributed by atoms with Crippen LogP contribution in [0.3, 0.4) is 0 Å². The molecule has 0 saturated carbocycles. The van der Waals surface area contributed by atoms with E-state index in [4.69, 9.17) is 0 Å². The van der Waals surface area contributed by atoms with E-state index in [-0.39, 0.29) is 11.8 Å². The summed E-state index contributed by atoms with van der Waals surface area (Å²) in [6.07, 6.45) is 3.46. The summed E-state index contributed by atoms with van der Waals surface area (Å²) in [4.78, 5) is 28.5. The number of benzene rings is 1.